The summed E-state index contributed by atoms with van der Waals surface area (Å²) in [4.78, 5) is 27.4. The summed E-state index contributed by atoms with van der Waals surface area (Å²) in [5.74, 6) is -0.762. The molecule has 0 saturated heterocycles. The molecule has 0 aromatic heterocycles. The van der Waals surface area contributed by atoms with Gasteiger partial charge in [0.15, 0.2) is 6.10 Å². The Kier molecular flexibility index (Phi) is 4.28. The molecule has 3 aromatic rings. The van der Waals surface area contributed by atoms with E-state index in [1.807, 2.05) is 48.5 Å². The second-order valence-electron chi connectivity index (χ2n) is 7.29. The number of cyclic esters (lactones) is 1. The summed E-state index contributed by atoms with van der Waals surface area (Å²) in [6.07, 6.45) is 0.508. The van der Waals surface area contributed by atoms with Gasteiger partial charge in [0.1, 0.15) is 0 Å². The number of para-hydroxylation sites is 3. The Bertz CT molecular complexity index is 1110. The minimum Gasteiger partial charge on any atom is -0.448 e. The zero-order valence-electron chi connectivity index (χ0n) is 15.8. The van der Waals surface area contributed by atoms with Crippen LogP contribution in [0.1, 0.15) is 21.5 Å². The predicted octanol–water partition coefficient (Wildman–Crippen LogP) is 4.10. The minimum atomic E-state index is -0.837. The van der Waals surface area contributed by atoms with Crippen molar-refractivity contribution in [1.82, 2.24) is 0 Å². The summed E-state index contributed by atoms with van der Waals surface area (Å²) >= 11 is 0. The average molecular weight is 384 g/mol. The predicted molar refractivity (Wildman–Crippen MR) is 112 cm³/mol. The van der Waals surface area contributed by atoms with Gasteiger partial charge in [-0.25, -0.2) is 4.79 Å². The molecule has 0 fully saturated rings. The maximum absolute atomic E-state index is 12.9. The number of benzene rings is 3. The number of hydrogen-bond donors (Lipinski definition) is 1. The van der Waals surface area contributed by atoms with E-state index in [9.17, 15) is 9.59 Å². The van der Waals surface area contributed by atoms with E-state index in [1.165, 1.54) is 5.56 Å². The van der Waals surface area contributed by atoms with E-state index >= 15 is 0 Å². The van der Waals surface area contributed by atoms with Crippen LogP contribution in [-0.4, -0.2) is 24.5 Å². The van der Waals surface area contributed by atoms with Crippen LogP contribution in [-0.2, 0) is 22.4 Å². The number of nitrogens with one attached hydrogen (secondary N) is 1. The summed E-state index contributed by atoms with van der Waals surface area (Å²) in [6, 6.07) is 23.3. The smallest absolute Gasteiger partial charge is 0.339 e. The molecule has 5 heteroatoms. The molecule has 0 aliphatic carbocycles. The van der Waals surface area contributed by atoms with Crippen molar-refractivity contribution in [2.75, 3.05) is 16.8 Å². The van der Waals surface area contributed by atoms with Crippen molar-refractivity contribution >= 4 is 28.9 Å². The third kappa shape index (κ3) is 3.14. The number of ether oxygens (including phenoxy) is 1. The molecule has 2 aliphatic rings. The van der Waals surface area contributed by atoms with Crippen molar-refractivity contribution in [3.8, 4) is 0 Å². The molecule has 5 nitrogen and oxygen atoms in total. The molecule has 1 unspecified atom stereocenters. The molecule has 144 valence electrons. The first-order chi connectivity index (χ1) is 14.2. The van der Waals surface area contributed by atoms with E-state index in [0.717, 1.165) is 29.9 Å². The summed E-state index contributed by atoms with van der Waals surface area (Å²) in [6.45, 7) is 0.859. The molecule has 0 radical (unpaired) electrons. The highest BCUT2D eigenvalue weighted by Gasteiger charge is 2.32. The second kappa shape index (κ2) is 7.09. The van der Waals surface area contributed by atoms with Crippen LogP contribution in [0.5, 0.6) is 0 Å². The van der Waals surface area contributed by atoms with Gasteiger partial charge < -0.3 is 15.0 Å². The highest BCUT2D eigenvalue weighted by molar-refractivity contribution is 6.02. The monoisotopic (exact) mass is 384 g/mol. The number of carbonyl (C=O) groups is 2. The Morgan fingerprint density at radius 1 is 0.897 bits per heavy atom. The fraction of sp³-hybridized carbons (Fsp3) is 0.167. The van der Waals surface area contributed by atoms with Crippen molar-refractivity contribution in [1.29, 1.82) is 0 Å². The maximum Gasteiger partial charge on any atom is 0.339 e. The van der Waals surface area contributed by atoms with Crippen LogP contribution in [0.15, 0.2) is 72.8 Å². The SMILES string of the molecule is O=C1OC(C(=O)Nc2ccccc2N2CCc3ccccc32)Cc2ccccc21. The Balaban J connectivity index is 1.40. The van der Waals surface area contributed by atoms with E-state index in [0.29, 0.717) is 17.7 Å². The molecular weight excluding hydrogens is 364 g/mol. The number of carbonyl (C=O) groups excluding carboxylic acids is 2. The van der Waals surface area contributed by atoms with Crippen LogP contribution in [0, 0.1) is 0 Å². The summed E-state index contributed by atoms with van der Waals surface area (Å²) < 4.78 is 5.40. The Labute approximate surface area is 168 Å². The molecule has 0 saturated carbocycles. The van der Waals surface area contributed by atoms with Gasteiger partial charge in [0.25, 0.3) is 5.91 Å². The zero-order chi connectivity index (χ0) is 19.8. The molecule has 1 amide bonds. The number of anilines is 3. The quantitative estimate of drug-likeness (QED) is 0.691. The first-order valence-electron chi connectivity index (χ1n) is 9.75. The van der Waals surface area contributed by atoms with Gasteiger partial charge in [-0.05, 0) is 41.8 Å². The van der Waals surface area contributed by atoms with Gasteiger partial charge in [-0.3, -0.25) is 4.79 Å². The molecule has 5 rings (SSSR count). The van der Waals surface area contributed by atoms with Gasteiger partial charge in [0.2, 0.25) is 0 Å². The number of fused-ring (bicyclic) bond motifs is 2. The van der Waals surface area contributed by atoms with Gasteiger partial charge in [-0.15, -0.1) is 0 Å². The molecule has 3 aromatic carbocycles. The van der Waals surface area contributed by atoms with Crippen molar-refractivity contribution in [2.45, 2.75) is 18.9 Å². The van der Waals surface area contributed by atoms with E-state index in [2.05, 4.69) is 22.3 Å². The molecular formula is C24H20N2O3. The van der Waals surface area contributed by atoms with Crippen molar-refractivity contribution in [3.05, 3.63) is 89.5 Å². The van der Waals surface area contributed by atoms with Crippen LogP contribution in [0.25, 0.3) is 0 Å². The molecule has 29 heavy (non-hydrogen) atoms. The molecule has 0 bridgehead atoms. The third-order valence-corrected chi connectivity index (χ3v) is 5.52. The number of hydrogen-bond acceptors (Lipinski definition) is 4. The number of amides is 1. The normalized spacial score (nSPS) is 17.3. The lowest BCUT2D eigenvalue weighted by molar-refractivity contribution is -0.125. The zero-order valence-corrected chi connectivity index (χ0v) is 15.8. The van der Waals surface area contributed by atoms with Crippen LogP contribution in [0.3, 0.4) is 0 Å². The lowest BCUT2D eigenvalue weighted by Crippen LogP contribution is -2.38. The Morgan fingerprint density at radius 2 is 1.59 bits per heavy atom. The summed E-state index contributed by atoms with van der Waals surface area (Å²) in [5, 5.41) is 2.98. The first kappa shape index (κ1) is 17.5. The third-order valence-electron chi connectivity index (χ3n) is 5.52. The molecule has 1 N–H and O–H groups in total. The lowest BCUT2D eigenvalue weighted by atomic mass is 9.98. The first-order valence-corrected chi connectivity index (χ1v) is 9.75. The average Bonchev–Trinajstić information content (AvgIpc) is 3.18. The van der Waals surface area contributed by atoms with E-state index in [4.69, 9.17) is 4.74 Å². The van der Waals surface area contributed by atoms with Crippen LogP contribution in [0.2, 0.25) is 0 Å². The van der Waals surface area contributed by atoms with Gasteiger partial charge in [-0.1, -0.05) is 48.5 Å². The standard InChI is InChI=1S/C24H20N2O3/c27-23(22-15-17-8-1-3-9-18(17)24(28)29-22)25-19-10-4-6-12-21(19)26-14-13-16-7-2-5-11-20(16)26/h1-12,22H,13-15H2,(H,25,27). The van der Waals surface area contributed by atoms with Crippen molar-refractivity contribution in [3.63, 3.8) is 0 Å². The number of nitrogens with zero attached hydrogens (tertiary/aromatic N) is 1. The van der Waals surface area contributed by atoms with Crippen molar-refractivity contribution in [2.24, 2.45) is 0 Å². The summed E-state index contributed by atoms with van der Waals surface area (Å²) in [5.41, 5.74) is 5.48. The molecule has 0 spiro atoms. The number of esters is 1. The van der Waals surface area contributed by atoms with E-state index in [-0.39, 0.29) is 5.91 Å². The van der Waals surface area contributed by atoms with Gasteiger partial charge in [0, 0.05) is 18.7 Å². The fourth-order valence-corrected chi connectivity index (χ4v) is 4.09. The molecule has 1 atom stereocenters. The molecule has 2 heterocycles. The maximum atomic E-state index is 12.9. The fourth-order valence-electron chi connectivity index (χ4n) is 4.09. The van der Waals surface area contributed by atoms with Gasteiger partial charge >= 0.3 is 5.97 Å². The van der Waals surface area contributed by atoms with Crippen molar-refractivity contribution < 1.29 is 14.3 Å². The van der Waals surface area contributed by atoms with Gasteiger partial charge in [0.05, 0.1) is 16.9 Å². The van der Waals surface area contributed by atoms with Crippen LogP contribution in [0.4, 0.5) is 17.1 Å². The van der Waals surface area contributed by atoms with Crippen LogP contribution >= 0.6 is 0 Å². The minimum absolute atomic E-state index is 0.312. The highest BCUT2D eigenvalue weighted by atomic mass is 16.5. The van der Waals surface area contributed by atoms with E-state index in [1.54, 1.807) is 12.1 Å². The molecule has 2 aliphatic heterocycles. The Hall–Kier alpha value is -3.60. The largest absolute Gasteiger partial charge is 0.448 e. The summed E-state index contributed by atoms with van der Waals surface area (Å²) in [7, 11) is 0. The van der Waals surface area contributed by atoms with Gasteiger partial charge in [-0.2, -0.15) is 0 Å². The topological polar surface area (TPSA) is 58.6 Å². The van der Waals surface area contributed by atoms with E-state index < -0.39 is 12.1 Å². The van der Waals surface area contributed by atoms with Crippen LogP contribution < -0.4 is 10.2 Å². The lowest BCUT2D eigenvalue weighted by Gasteiger charge is -2.26. The second-order valence-corrected chi connectivity index (χ2v) is 7.29. The Morgan fingerprint density at radius 3 is 2.45 bits per heavy atom. The number of rotatable bonds is 3. The highest BCUT2D eigenvalue weighted by Crippen LogP contribution is 2.38.